The summed E-state index contributed by atoms with van der Waals surface area (Å²) in [6.07, 6.45) is 4.78. The van der Waals surface area contributed by atoms with E-state index >= 15 is 0 Å². The summed E-state index contributed by atoms with van der Waals surface area (Å²) in [5.41, 5.74) is 1.75. The lowest BCUT2D eigenvalue weighted by Crippen LogP contribution is -2.59. The number of para-hydroxylation sites is 2. The number of hydrogen-bond acceptors (Lipinski definition) is 4. The highest BCUT2D eigenvalue weighted by molar-refractivity contribution is 5.42. The van der Waals surface area contributed by atoms with Gasteiger partial charge in [-0.2, -0.15) is 0 Å². The van der Waals surface area contributed by atoms with Crippen LogP contribution in [0, 0.1) is 0 Å². The van der Waals surface area contributed by atoms with Crippen molar-refractivity contribution in [3.63, 3.8) is 0 Å². The van der Waals surface area contributed by atoms with Crippen molar-refractivity contribution in [1.29, 1.82) is 0 Å². The number of nitrogens with one attached hydrogen (secondary N) is 2. The Bertz CT molecular complexity index is 657. The van der Waals surface area contributed by atoms with Crippen molar-refractivity contribution in [2.45, 2.75) is 49.9 Å². The number of rotatable bonds is 2. The van der Waals surface area contributed by atoms with Gasteiger partial charge in [0, 0.05) is 23.2 Å². The van der Waals surface area contributed by atoms with Crippen molar-refractivity contribution in [3.05, 3.63) is 59.7 Å². The highest BCUT2D eigenvalue weighted by Crippen LogP contribution is 2.41. The SMILES string of the molecule is Oc1ccccc1[C@H]1N[C@H]2CCCC[C@@H]2N[C@@H]1c1ccccc1O. The average molecular weight is 324 g/mol. The van der Waals surface area contributed by atoms with Crippen LogP contribution in [-0.2, 0) is 0 Å². The largest absolute Gasteiger partial charge is 0.508 e. The Labute approximate surface area is 142 Å². The molecule has 126 valence electrons. The molecule has 1 aliphatic heterocycles. The monoisotopic (exact) mass is 324 g/mol. The van der Waals surface area contributed by atoms with Crippen molar-refractivity contribution < 1.29 is 10.2 Å². The van der Waals surface area contributed by atoms with E-state index in [1.165, 1.54) is 12.8 Å². The molecular weight excluding hydrogens is 300 g/mol. The molecule has 0 radical (unpaired) electrons. The molecule has 2 aromatic rings. The van der Waals surface area contributed by atoms with Crippen LogP contribution in [0.4, 0.5) is 0 Å². The summed E-state index contributed by atoms with van der Waals surface area (Å²) in [5.74, 6) is 0.595. The van der Waals surface area contributed by atoms with Gasteiger partial charge in [-0.3, -0.25) is 0 Å². The van der Waals surface area contributed by atoms with E-state index in [1.54, 1.807) is 12.1 Å². The molecule has 4 rings (SSSR count). The summed E-state index contributed by atoms with van der Waals surface area (Å²) >= 11 is 0. The Morgan fingerprint density at radius 3 is 1.50 bits per heavy atom. The van der Waals surface area contributed by atoms with Crippen molar-refractivity contribution in [1.82, 2.24) is 10.6 Å². The molecule has 2 aromatic carbocycles. The van der Waals surface area contributed by atoms with Crippen LogP contribution >= 0.6 is 0 Å². The molecule has 24 heavy (non-hydrogen) atoms. The Kier molecular flexibility index (Phi) is 4.17. The number of fused-ring (bicyclic) bond motifs is 1. The molecule has 0 bridgehead atoms. The van der Waals surface area contributed by atoms with Gasteiger partial charge in [-0.1, -0.05) is 49.2 Å². The fraction of sp³-hybridized carbons (Fsp3) is 0.400. The Morgan fingerprint density at radius 1 is 0.667 bits per heavy atom. The minimum absolute atomic E-state index is 0.0705. The van der Waals surface area contributed by atoms with E-state index < -0.39 is 0 Å². The first-order valence-corrected chi connectivity index (χ1v) is 8.82. The molecule has 1 heterocycles. The summed E-state index contributed by atoms with van der Waals surface area (Å²) in [6.45, 7) is 0. The second kappa shape index (κ2) is 6.46. The van der Waals surface area contributed by atoms with E-state index in [2.05, 4.69) is 10.6 Å². The second-order valence-electron chi connectivity index (χ2n) is 6.90. The van der Waals surface area contributed by atoms with Gasteiger partial charge in [-0.05, 0) is 25.0 Å². The average Bonchev–Trinajstić information content (AvgIpc) is 2.62. The summed E-state index contributed by atoms with van der Waals surface area (Å²) < 4.78 is 0. The van der Waals surface area contributed by atoms with Gasteiger partial charge in [0.1, 0.15) is 11.5 Å². The maximum atomic E-state index is 10.4. The smallest absolute Gasteiger partial charge is 0.120 e. The molecule has 2 fully saturated rings. The predicted octanol–water partition coefficient (Wildman–Crippen LogP) is 3.38. The Balaban J connectivity index is 1.75. The molecule has 0 amide bonds. The maximum absolute atomic E-state index is 10.4. The van der Waals surface area contributed by atoms with Gasteiger partial charge in [0.15, 0.2) is 0 Å². The topological polar surface area (TPSA) is 64.5 Å². The van der Waals surface area contributed by atoms with E-state index in [0.29, 0.717) is 23.6 Å². The summed E-state index contributed by atoms with van der Waals surface area (Å²) in [6, 6.07) is 15.6. The second-order valence-corrected chi connectivity index (χ2v) is 6.90. The predicted molar refractivity (Wildman–Crippen MR) is 94.0 cm³/mol. The zero-order valence-corrected chi connectivity index (χ0v) is 13.7. The zero-order valence-electron chi connectivity index (χ0n) is 13.7. The molecule has 0 unspecified atom stereocenters. The Morgan fingerprint density at radius 2 is 1.08 bits per heavy atom. The standard InChI is InChI=1S/C20H24N2O2/c23-17-11-5-1-7-13(17)19-20(14-8-2-6-12-18(14)24)22-16-10-4-3-9-15(16)21-19/h1-2,5-8,11-12,15-16,19-24H,3-4,9-10H2/t15-,16-,19+,20+/m0/s1. The zero-order chi connectivity index (χ0) is 16.5. The lowest BCUT2D eigenvalue weighted by Gasteiger charge is -2.46. The van der Waals surface area contributed by atoms with Gasteiger partial charge in [0.25, 0.3) is 0 Å². The molecule has 1 saturated heterocycles. The van der Waals surface area contributed by atoms with Gasteiger partial charge in [-0.25, -0.2) is 0 Å². The molecule has 2 aliphatic rings. The molecule has 0 spiro atoms. The molecule has 0 aromatic heterocycles. The molecule has 4 heteroatoms. The van der Waals surface area contributed by atoms with E-state index in [0.717, 1.165) is 24.0 Å². The van der Waals surface area contributed by atoms with E-state index in [1.807, 2.05) is 36.4 Å². The quantitative estimate of drug-likeness (QED) is 0.684. The fourth-order valence-corrected chi connectivity index (χ4v) is 4.22. The van der Waals surface area contributed by atoms with E-state index in [4.69, 9.17) is 0 Å². The van der Waals surface area contributed by atoms with Crippen molar-refractivity contribution in [2.24, 2.45) is 0 Å². The minimum Gasteiger partial charge on any atom is -0.508 e. The van der Waals surface area contributed by atoms with Crippen molar-refractivity contribution >= 4 is 0 Å². The molecular formula is C20H24N2O2. The van der Waals surface area contributed by atoms with Gasteiger partial charge < -0.3 is 20.8 Å². The third kappa shape index (κ3) is 2.76. The van der Waals surface area contributed by atoms with Crippen LogP contribution in [0.1, 0.15) is 48.9 Å². The van der Waals surface area contributed by atoms with Crippen LogP contribution in [-0.4, -0.2) is 22.3 Å². The van der Waals surface area contributed by atoms with Crippen LogP contribution in [0.2, 0.25) is 0 Å². The number of phenols is 2. The minimum atomic E-state index is -0.0705. The number of phenolic OH excluding ortho intramolecular Hbond substituents is 2. The lowest BCUT2D eigenvalue weighted by molar-refractivity contribution is 0.165. The van der Waals surface area contributed by atoms with Crippen LogP contribution < -0.4 is 10.6 Å². The number of aromatic hydroxyl groups is 2. The number of benzene rings is 2. The molecule has 4 atom stereocenters. The van der Waals surface area contributed by atoms with E-state index in [-0.39, 0.29) is 12.1 Å². The molecule has 1 aliphatic carbocycles. The van der Waals surface area contributed by atoms with Gasteiger partial charge in [0.2, 0.25) is 0 Å². The first-order chi connectivity index (χ1) is 11.7. The highest BCUT2D eigenvalue weighted by atomic mass is 16.3. The first kappa shape index (κ1) is 15.5. The first-order valence-electron chi connectivity index (χ1n) is 8.82. The summed E-state index contributed by atoms with van der Waals surface area (Å²) in [5, 5.41) is 28.2. The van der Waals surface area contributed by atoms with Crippen LogP contribution in [0.3, 0.4) is 0 Å². The molecule has 4 nitrogen and oxygen atoms in total. The van der Waals surface area contributed by atoms with Gasteiger partial charge >= 0.3 is 0 Å². The van der Waals surface area contributed by atoms with Gasteiger partial charge in [-0.15, -0.1) is 0 Å². The van der Waals surface area contributed by atoms with Gasteiger partial charge in [0.05, 0.1) is 12.1 Å². The van der Waals surface area contributed by atoms with Crippen molar-refractivity contribution in [3.8, 4) is 11.5 Å². The molecule has 1 saturated carbocycles. The normalized spacial score (nSPS) is 29.8. The summed E-state index contributed by atoms with van der Waals surface area (Å²) in [7, 11) is 0. The third-order valence-corrected chi connectivity index (χ3v) is 5.43. The fourth-order valence-electron chi connectivity index (χ4n) is 4.22. The van der Waals surface area contributed by atoms with Crippen LogP contribution in [0.5, 0.6) is 11.5 Å². The number of piperazine rings is 1. The number of hydrogen-bond donors (Lipinski definition) is 4. The van der Waals surface area contributed by atoms with Crippen LogP contribution in [0.25, 0.3) is 0 Å². The van der Waals surface area contributed by atoms with E-state index in [9.17, 15) is 10.2 Å². The maximum Gasteiger partial charge on any atom is 0.120 e. The summed E-state index contributed by atoms with van der Waals surface area (Å²) in [4.78, 5) is 0. The Hall–Kier alpha value is -2.04. The highest BCUT2D eigenvalue weighted by Gasteiger charge is 2.40. The van der Waals surface area contributed by atoms with Crippen molar-refractivity contribution in [2.75, 3.05) is 0 Å². The lowest BCUT2D eigenvalue weighted by atomic mass is 9.81. The molecule has 4 N–H and O–H groups in total. The third-order valence-electron chi connectivity index (χ3n) is 5.43. The van der Waals surface area contributed by atoms with Crippen LogP contribution in [0.15, 0.2) is 48.5 Å².